The van der Waals surface area contributed by atoms with Gasteiger partial charge in [0.25, 0.3) is 0 Å². The predicted octanol–water partition coefficient (Wildman–Crippen LogP) is 1.92. The zero-order valence-electron chi connectivity index (χ0n) is 10.3. The van der Waals surface area contributed by atoms with Gasteiger partial charge in [-0.05, 0) is 12.1 Å². The lowest BCUT2D eigenvalue weighted by atomic mass is 10.3. The Bertz CT molecular complexity index is 572. The number of methoxy groups -OCH3 is 2. The maximum Gasteiger partial charge on any atom is 0.331 e. The molecule has 0 radical (unpaired) electrons. The normalized spacial score (nSPS) is 10.1. The van der Waals surface area contributed by atoms with Gasteiger partial charge in [-0.3, -0.25) is 0 Å². The van der Waals surface area contributed by atoms with Crippen molar-refractivity contribution in [1.29, 1.82) is 0 Å². The maximum atomic E-state index is 5.86. The molecule has 0 atom stereocenters. The molecule has 0 amide bonds. The summed E-state index contributed by atoms with van der Waals surface area (Å²) in [6, 6.07) is 4.97. The Hall–Kier alpha value is -2.28. The molecule has 19 heavy (non-hydrogen) atoms. The van der Waals surface area contributed by atoms with Crippen LogP contribution in [0.15, 0.2) is 18.2 Å². The minimum absolute atomic E-state index is 0.00216. The van der Waals surface area contributed by atoms with Crippen LogP contribution in [0.4, 0.5) is 5.69 Å². The Morgan fingerprint density at radius 2 is 1.58 bits per heavy atom. The molecule has 0 spiro atoms. The molecule has 1 aromatic heterocycles. The molecule has 0 aliphatic rings. The first-order valence-electron chi connectivity index (χ1n) is 5.19. The van der Waals surface area contributed by atoms with Gasteiger partial charge in [0.2, 0.25) is 0 Å². The summed E-state index contributed by atoms with van der Waals surface area (Å²) in [4.78, 5) is 11.7. The zero-order valence-corrected chi connectivity index (χ0v) is 11.0. The van der Waals surface area contributed by atoms with E-state index in [-0.39, 0.29) is 18.0 Å². The monoisotopic (exact) mass is 282 g/mol. The van der Waals surface area contributed by atoms with Gasteiger partial charge in [0.1, 0.15) is 0 Å². The van der Waals surface area contributed by atoms with Crippen molar-refractivity contribution in [3.63, 3.8) is 0 Å². The number of hydrogen-bond donors (Lipinski definition) is 1. The van der Waals surface area contributed by atoms with Crippen molar-refractivity contribution >= 4 is 17.3 Å². The molecule has 0 aliphatic carbocycles. The molecule has 0 unspecified atom stereocenters. The molecule has 2 aromatic rings. The van der Waals surface area contributed by atoms with Crippen LogP contribution in [-0.4, -0.2) is 29.2 Å². The van der Waals surface area contributed by atoms with Crippen LogP contribution < -0.4 is 19.9 Å². The van der Waals surface area contributed by atoms with Gasteiger partial charge < -0.3 is 19.9 Å². The van der Waals surface area contributed by atoms with Crippen molar-refractivity contribution in [1.82, 2.24) is 15.0 Å². The summed E-state index contributed by atoms with van der Waals surface area (Å²) in [7, 11) is 2.85. The summed E-state index contributed by atoms with van der Waals surface area (Å²) in [5, 5.41) is 0.484. The first kappa shape index (κ1) is 13.2. The van der Waals surface area contributed by atoms with Crippen molar-refractivity contribution in [3.05, 3.63) is 23.2 Å². The van der Waals surface area contributed by atoms with E-state index in [1.807, 2.05) is 0 Å². The van der Waals surface area contributed by atoms with Crippen LogP contribution in [0.5, 0.6) is 23.8 Å². The summed E-state index contributed by atoms with van der Waals surface area (Å²) in [6.07, 6.45) is 0. The molecule has 8 heteroatoms. The van der Waals surface area contributed by atoms with Crippen LogP contribution in [0.2, 0.25) is 5.02 Å². The molecule has 1 aromatic carbocycles. The van der Waals surface area contributed by atoms with Crippen molar-refractivity contribution < 1.29 is 14.2 Å². The third-order valence-electron chi connectivity index (χ3n) is 2.12. The van der Waals surface area contributed by atoms with Crippen molar-refractivity contribution in [2.75, 3.05) is 20.0 Å². The summed E-state index contributed by atoms with van der Waals surface area (Å²) in [5.74, 6) is 0.336. The van der Waals surface area contributed by atoms with Crippen LogP contribution >= 0.6 is 11.6 Å². The molecule has 0 bridgehead atoms. The molecule has 2 N–H and O–H groups in total. The molecule has 7 nitrogen and oxygen atoms in total. The summed E-state index contributed by atoms with van der Waals surface area (Å²) in [6.45, 7) is 0. The number of nitrogens with two attached hydrogens (primary N) is 1. The number of ether oxygens (including phenoxy) is 3. The van der Waals surface area contributed by atoms with Gasteiger partial charge in [-0.1, -0.05) is 11.6 Å². The average Bonchev–Trinajstić information content (AvgIpc) is 2.42. The second-order valence-corrected chi connectivity index (χ2v) is 3.81. The number of halogens is 1. The third kappa shape index (κ3) is 3.14. The molecular formula is C11H11ClN4O3. The smallest absolute Gasteiger partial charge is 0.331 e. The maximum absolute atomic E-state index is 5.86. The highest BCUT2D eigenvalue weighted by Gasteiger charge is 2.11. The second kappa shape index (κ2) is 5.57. The van der Waals surface area contributed by atoms with Crippen molar-refractivity contribution in [2.24, 2.45) is 0 Å². The number of anilines is 1. The molecule has 0 aliphatic heterocycles. The molecule has 1 heterocycles. The lowest BCUT2D eigenvalue weighted by molar-refractivity contribution is 0.320. The first-order chi connectivity index (χ1) is 9.12. The molecule has 0 saturated carbocycles. The largest absolute Gasteiger partial charge is 0.467 e. The number of aromatic nitrogens is 3. The highest BCUT2D eigenvalue weighted by molar-refractivity contribution is 6.30. The Labute approximate surface area is 114 Å². The van der Waals surface area contributed by atoms with Crippen molar-refractivity contribution in [2.45, 2.75) is 0 Å². The topological polar surface area (TPSA) is 92.4 Å². The lowest BCUT2D eigenvalue weighted by Gasteiger charge is -2.08. The highest BCUT2D eigenvalue weighted by atomic mass is 35.5. The Balaban J connectivity index is 2.34. The van der Waals surface area contributed by atoms with Crippen molar-refractivity contribution in [3.8, 4) is 23.8 Å². The lowest BCUT2D eigenvalue weighted by Crippen LogP contribution is -2.02. The van der Waals surface area contributed by atoms with Crippen LogP contribution in [-0.2, 0) is 0 Å². The molecule has 0 fully saturated rings. The fraction of sp³-hybridized carbons (Fsp3) is 0.182. The Kier molecular flexibility index (Phi) is 3.86. The number of nitrogen functional groups attached to an aromatic ring is 1. The third-order valence-corrected chi connectivity index (χ3v) is 2.35. The predicted molar refractivity (Wildman–Crippen MR) is 68.9 cm³/mol. The molecule has 2 rings (SSSR count). The zero-order chi connectivity index (χ0) is 13.8. The van der Waals surface area contributed by atoms with Gasteiger partial charge in [-0.15, -0.1) is 15.0 Å². The van der Waals surface area contributed by atoms with Crippen LogP contribution in [0.3, 0.4) is 0 Å². The van der Waals surface area contributed by atoms with E-state index in [2.05, 4.69) is 15.0 Å². The molecule has 0 saturated heterocycles. The summed E-state index contributed by atoms with van der Waals surface area (Å²) < 4.78 is 15.3. The van der Waals surface area contributed by atoms with E-state index >= 15 is 0 Å². The molecular weight excluding hydrogens is 272 g/mol. The van der Waals surface area contributed by atoms with Gasteiger partial charge in [0.15, 0.2) is 5.75 Å². The molecule has 100 valence electrons. The first-order valence-corrected chi connectivity index (χ1v) is 5.57. The van der Waals surface area contributed by atoms with Gasteiger partial charge in [-0.2, -0.15) is 0 Å². The van der Waals surface area contributed by atoms with E-state index in [4.69, 9.17) is 31.5 Å². The van der Waals surface area contributed by atoms with Gasteiger partial charge in [0, 0.05) is 11.1 Å². The van der Waals surface area contributed by atoms with Crippen LogP contribution in [0, 0.1) is 0 Å². The Morgan fingerprint density at radius 1 is 1.00 bits per heavy atom. The number of benzene rings is 1. The van der Waals surface area contributed by atoms with Crippen LogP contribution in [0.1, 0.15) is 0 Å². The minimum atomic E-state index is -0.00216. The average molecular weight is 283 g/mol. The van der Waals surface area contributed by atoms with E-state index in [0.29, 0.717) is 16.5 Å². The fourth-order valence-corrected chi connectivity index (χ4v) is 1.41. The van der Waals surface area contributed by atoms with Gasteiger partial charge in [-0.25, -0.2) is 0 Å². The van der Waals surface area contributed by atoms with E-state index in [1.165, 1.54) is 14.2 Å². The number of nitrogens with zero attached hydrogens (tertiary/aromatic N) is 3. The van der Waals surface area contributed by atoms with E-state index in [1.54, 1.807) is 18.2 Å². The van der Waals surface area contributed by atoms with E-state index < -0.39 is 0 Å². The van der Waals surface area contributed by atoms with E-state index in [9.17, 15) is 0 Å². The standard InChI is InChI=1S/C11H11ClN4O3/c1-17-9-14-10(18-2)16-11(15-9)19-8-5-6(12)3-4-7(8)13/h3-5H,13H2,1-2H3. The summed E-state index contributed by atoms with van der Waals surface area (Å²) >= 11 is 5.86. The number of rotatable bonds is 4. The van der Waals surface area contributed by atoms with E-state index in [0.717, 1.165) is 0 Å². The fourth-order valence-electron chi connectivity index (χ4n) is 1.24. The second-order valence-electron chi connectivity index (χ2n) is 3.38. The Morgan fingerprint density at radius 3 is 2.16 bits per heavy atom. The van der Waals surface area contributed by atoms with Gasteiger partial charge in [0.05, 0.1) is 19.9 Å². The SMILES string of the molecule is COc1nc(OC)nc(Oc2cc(Cl)ccc2N)n1. The highest BCUT2D eigenvalue weighted by Crippen LogP contribution is 2.29. The minimum Gasteiger partial charge on any atom is -0.467 e. The quantitative estimate of drug-likeness (QED) is 0.856. The van der Waals surface area contributed by atoms with Gasteiger partial charge >= 0.3 is 18.0 Å². The number of hydrogen-bond acceptors (Lipinski definition) is 7. The summed E-state index contributed by atoms with van der Waals surface area (Å²) in [5.41, 5.74) is 6.17. The van der Waals surface area contributed by atoms with Crippen LogP contribution in [0.25, 0.3) is 0 Å².